The van der Waals surface area contributed by atoms with E-state index in [9.17, 15) is 9.18 Å². The van der Waals surface area contributed by atoms with Crippen molar-refractivity contribution in [2.75, 3.05) is 0 Å². The van der Waals surface area contributed by atoms with Crippen molar-refractivity contribution < 1.29 is 9.18 Å². The highest BCUT2D eigenvalue weighted by atomic mass is 19.1. The van der Waals surface area contributed by atoms with Crippen molar-refractivity contribution in [3.8, 4) is 0 Å². The van der Waals surface area contributed by atoms with Gasteiger partial charge in [-0.3, -0.25) is 9.89 Å². The van der Waals surface area contributed by atoms with E-state index in [1.807, 2.05) is 6.07 Å². The second-order valence-corrected chi connectivity index (χ2v) is 4.78. The molecule has 0 atom stereocenters. The number of nitrogens with one attached hydrogen (secondary N) is 1. The monoisotopic (exact) mass is 259 g/mol. The third-order valence-corrected chi connectivity index (χ3v) is 3.24. The van der Waals surface area contributed by atoms with Crippen molar-refractivity contribution in [2.24, 2.45) is 0 Å². The van der Waals surface area contributed by atoms with E-state index in [-0.39, 0.29) is 17.8 Å². The molecule has 0 spiro atoms. The Bertz CT molecular complexity index is 578. The van der Waals surface area contributed by atoms with Crippen LogP contribution in [0, 0.1) is 5.82 Å². The SMILES string of the molecule is O=C(c1cn[nH]c1)N(Cc1cccc(F)c1)C1CC1. The van der Waals surface area contributed by atoms with Crippen LogP contribution in [0.1, 0.15) is 28.8 Å². The van der Waals surface area contributed by atoms with E-state index >= 15 is 0 Å². The largest absolute Gasteiger partial charge is 0.331 e. The molecule has 98 valence electrons. The first-order valence-electron chi connectivity index (χ1n) is 6.28. The fourth-order valence-corrected chi connectivity index (χ4v) is 2.12. The second kappa shape index (κ2) is 4.84. The molecule has 19 heavy (non-hydrogen) atoms. The summed E-state index contributed by atoms with van der Waals surface area (Å²) in [7, 11) is 0. The number of hydrogen-bond donors (Lipinski definition) is 1. The molecule has 3 rings (SSSR count). The number of hydrogen-bond acceptors (Lipinski definition) is 2. The van der Waals surface area contributed by atoms with Crippen molar-refractivity contribution >= 4 is 5.91 Å². The predicted molar refractivity (Wildman–Crippen MR) is 67.9 cm³/mol. The summed E-state index contributed by atoms with van der Waals surface area (Å²) in [5.41, 5.74) is 1.35. The fraction of sp³-hybridized carbons (Fsp3) is 0.286. The second-order valence-electron chi connectivity index (χ2n) is 4.78. The number of carbonyl (C=O) groups is 1. The minimum atomic E-state index is -0.274. The maximum Gasteiger partial charge on any atom is 0.257 e. The van der Waals surface area contributed by atoms with Crippen molar-refractivity contribution in [3.05, 3.63) is 53.6 Å². The Morgan fingerprint density at radius 1 is 1.47 bits per heavy atom. The molecule has 0 aliphatic heterocycles. The highest BCUT2D eigenvalue weighted by Gasteiger charge is 2.33. The Labute approximate surface area is 110 Å². The molecule has 1 N–H and O–H groups in total. The van der Waals surface area contributed by atoms with Gasteiger partial charge >= 0.3 is 0 Å². The van der Waals surface area contributed by atoms with Gasteiger partial charge in [0, 0.05) is 18.8 Å². The van der Waals surface area contributed by atoms with E-state index in [4.69, 9.17) is 0 Å². The first kappa shape index (κ1) is 11.9. The van der Waals surface area contributed by atoms with Crippen LogP contribution in [0.3, 0.4) is 0 Å². The first-order valence-corrected chi connectivity index (χ1v) is 6.28. The molecule has 1 aliphatic rings. The van der Waals surface area contributed by atoms with Gasteiger partial charge in [0.05, 0.1) is 11.8 Å². The Kier molecular flexibility index (Phi) is 3.03. The van der Waals surface area contributed by atoms with Gasteiger partial charge < -0.3 is 4.90 Å². The summed E-state index contributed by atoms with van der Waals surface area (Å²) in [6, 6.07) is 6.64. The molecular formula is C14H14FN3O. The molecule has 1 aromatic carbocycles. The van der Waals surface area contributed by atoms with Crippen LogP contribution in [-0.2, 0) is 6.54 Å². The summed E-state index contributed by atoms with van der Waals surface area (Å²) in [6.07, 6.45) is 5.13. The minimum absolute atomic E-state index is 0.0551. The minimum Gasteiger partial charge on any atom is -0.331 e. The molecule has 1 saturated carbocycles. The van der Waals surface area contributed by atoms with Gasteiger partial charge in [-0.05, 0) is 30.5 Å². The number of amides is 1. The van der Waals surface area contributed by atoms with E-state index in [1.54, 1.807) is 17.2 Å². The van der Waals surface area contributed by atoms with Gasteiger partial charge in [0.2, 0.25) is 0 Å². The molecule has 5 heteroatoms. The molecule has 1 amide bonds. The van der Waals surface area contributed by atoms with Crippen molar-refractivity contribution in [1.82, 2.24) is 15.1 Å². The van der Waals surface area contributed by atoms with E-state index in [1.165, 1.54) is 18.3 Å². The first-order chi connectivity index (χ1) is 9.24. The third-order valence-electron chi connectivity index (χ3n) is 3.24. The van der Waals surface area contributed by atoms with Crippen LogP contribution in [0.25, 0.3) is 0 Å². The number of aromatic nitrogens is 2. The Morgan fingerprint density at radius 2 is 2.32 bits per heavy atom. The molecular weight excluding hydrogens is 245 g/mol. The van der Waals surface area contributed by atoms with E-state index in [2.05, 4.69) is 10.2 Å². The number of nitrogens with zero attached hydrogens (tertiary/aromatic N) is 2. The lowest BCUT2D eigenvalue weighted by molar-refractivity contribution is 0.0730. The van der Waals surface area contributed by atoms with Crippen LogP contribution in [-0.4, -0.2) is 27.0 Å². The number of halogens is 1. The zero-order valence-electron chi connectivity index (χ0n) is 10.3. The van der Waals surface area contributed by atoms with Crippen LogP contribution < -0.4 is 0 Å². The summed E-state index contributed by atoms with van der Waals surface area (Å²) in [5, 5.41) is 6.43. The Hall–Kier alpha value is -2.17. The van der Waals surface area contributed by atoms with Gasteiger partial charge in [0.25, 0.3) is 5.91 Å². The molecule has 4 nitrogen and oxygen atoms in total. The topological polar surface area (TPSA) is 49.0 Å². The smallest absolute Gasteiger partial charge is 0.257 e. The van der Waals surface area contributed by atoms with Crippen molar-refractivity contribution in [1.29, 1.82) is 0 Å². The summed E-state index contributed by atoms with van der Waals surface area (Å²) in [6.45, 7) is 0.437. The average Bonchev–Trinajstić information content (AvgIpc) is 3.09. The zero-order chi connectivity index (χ0) is 13.2. The van der Waals surface area contributed by atoms with E-state index in [0.29, 0.717) is 12.1 Å². The highest BCUT2D eigenvalue weighted by Crippen LogP contribution is 2.29. The van der Waals surface area contributed by atoms with Crippen molar-refractivity contribution in [3.63, 3.8) is 0 Å². The fourth-order valence-electron chi connectivity index (χ4n) is 2.12. The molecule has 0 unspecified atom stereocenters. The number of aromatic amines is 1. The lowest BCUT2D eigenvalue weighted by Crippen LogP contribution is -2.32. The quantitative estimate of drug-likeness (QED) is 0.916. The number of benzene rings is 1. The maximum absolute atomic E-state index is 13.2. The van der Waals surface area contributed by atoms with Crippen molar-refractivity contribution in [2.45, 2.75) is 25.4 Å². The van der Waals surface area contributed by atoms with Crippen LogP contribution in [0.4, 0.5) is 4.39 Å². The van der Waals surface area contributed by atoms with Gasteiger partial charge in [-0.25, -0.2) is 4.39 Å². The summed E-state index contributed by atoms with van der Waals surface area (Å²) < 4.78 is 13.2. The molecule has 1 aliphatic carbocycles. The molecule has 1 fully saturated rings. The highest BCUT2D eigenvalue weighted by molar-refractivity contribution is 5.94. The predicted octanol–water partition coefficient (Wildman–Crippen LogP) is 2.35. The van der Waals surface area contributed by atoms with E-state index < -0.39 is 0 Å². The van der Waals surface area contributed by atoms with Gasteiger partial charge in [-0.15, -0.1) is 0 Å². The molecule has 1 aromatic heterocycles. The third kappa shape index (κ3) is 2.65. The normalized spacial score (nSPS) is 14.4. The number of rotatable bonds is 4. The molecule has 0 saturated heterocycles. The van der Waals surface area contributed by atoms with Gasteiger partial charge in [0.1, 0.15) is 5.82 Å². The van der Waals surface area contributed by atoms with E-state index in [0.717, 1.165) is 18.4 Å². The molecule has 0 bridgehead atoms. The summed E-state index contributed by atoms with van der Waals surface area (Å²) in [4.78, 5) is 14.1. The molecule has 1 heterocycles. The molecule has 2 aromatic rings. The zero-order valence-corrected chi connectivity index (χ0v) is 10.3. The van der Waals surface area contributed by atoms with Crippen LogP contribution in [0.2, 0.25) is 0 Å². The Morgan fingerprint density at radius 3 is 2.95 bits per heavy atom. The van der Waals surface area contributed by atoms with Gasteiger partial charge in [0.15, 0.2) is 0 Å². The summed E-state index contributed by atoms with van der Waals surface area (Å²) >= 11 is 0. The van der Waals surface area contributed by atoms with Gasteiger partial charge in [-0.1, -0.05) is 12.1 Å². The lowest BCUT2D eigenvalue weighted by Gasteiger charge is -2.22. The standard InChI is InChI=1S/C14H14FN3O/c15-12-3-1-2-10(6-12)9-18(13-4-5-13)14(19)11-7-16-17-8-11/h1-3,6-8,13H,4-5,9H2,(H,16,17). The average molecular weight is 259 g/mol. The van der Waals surface area contributed by atoms with Crippen LogP contribution in [0.15, 0.2) is 36.7 Å². The molecule has 0 radical (unpaired) electrons. The number of H-pyrrole nitrogens is 1. The van der Waals surface area contributed by atoms with Gasteiger partial charge in [-0.2, -0.15) is 5.10 Å². The summed E-state index contributed by atoms with van der Waals surface area (Å²) in [5.74, 6) is -0.329. The van der Waals surface area contributed by atoms with Crippen LogP contribution in [0.5, 0.6) is 0 Å². The van der Waals surface area contributed by atoms with Crippen LogP contribution >= 0.6 is 0 Å². The Balaban J connectivity index is 1.80. The lowest BCUT2D eigenvalue weighted by atomic mass is 10.2. The number of carbonyl (C=O) groups excluding carboxylic acids is 1. The maximum atomic E-state index is 13.2.